The van der Waals surface area contributed by atoms with E-state index in [-0.39, 0.29) is 5.91 Å². The van der Waals surface area contributed by atoms with Gasteiger partial charge in [0.1, 0.15) is 11.6 Å². The average molecular weight is 439 g/mol. The molecule has 1 amide bonds. The molecule has 5 rings (SSSR count). The summed E-state index contributed by atoms with van der Waals surface area (Å²) >= 11 is 0. The highest BCUT2D eigenvalue weighted by Crippen LogP contribution is 2.23. The molecule has 2 aromatic heterocycles. The number of nitrogens with zero attached hydrogens (tertiary/aromatic N) is 6. The van der Waals surface area contributed by atoms with Crippen LogP contribution in [0.3, 0.4) is 0 Å². The topological polar surface area (TPSA) is 67.2 Å². The van der Waals surface area contributed by atoms with Gasteiger partial charge in [-0.05, 0) is 38.1 Å². The molecule has 0 radical (unpaired) electrons. The van der Waals surface area contributed by atoms with Crippen molar-refractivity contribution >= 4 is 11.7 Å². The Kier molecular flexibility index (Phi) is 5.60. The van der Waals surface area contributed by atoms with E-state index >= 15 is 0 Å². The second-order valence-corrected chi connectivity index (χ2v) is 8.24. The lowest BCUT2D eigenvalue weighted by Crippen LogP contribution is -2.49. The van der Waals surface area contributed by atoms with Crippen molar-refractivity contribution in [3.8, 4) is 16.9 Å². The van der Waals surface area contributed by atoms with Gasteiger partial charge in [0.2, 0.25) is 0 Å². The molecule has 7 nitrogen and oxygen atoms in total. The zero-order valence-corrected chi connectivity index (χ0v) is 18.8. The number of aromatic nitrogens is 4. The van der Waals surface area contributed by atoms with Gasteiger partial charge in [-0.15, -0.1) is 0 Å². The number of anilines is 1. The van der Waals surface area contributed by atoms with Crippen molar-refractivity contribution in [1.82, 2.24) is 24.6 Å². The molecule has 0 atom stereocenters. The predicted molar refractivity (Wildman–Crippen MR) is 129 cm³/mol. The lowest BCUT2D eigenvalue weighted by molar-refractivity contribution is 0.0746. The first kappa shape index (κ1) is 20.9. The molecule has 0 saturated carbocycles. The minimum atomic E-state index is 0.0416. The van der Waals surface area contributed by atoms with Crippen LogP contribution in [0.15, 0.2) is 72.9 Å². The number of amides is 1. The molecule has 33 heavy (non-hydrogen) atoms. The molecule has 0 aliphatic carbocycles. The molecule has 0 bridgehead atoms. The van der Waals surface area contributed by atoms with Crippen molar-refractivity contribution in [2.75, 3.05) is 31.1 Å². The number of carbonyl (C=O) groups is 1. The van der Waals surface area contributed by atoms with Crippen LogP contribution in [0.25, 0.3) is 16.9 Å². The number of aryl methyl sites for hydroxylation is 2. The van der Waals surface area contributed by atoms with Gasteiger partial charge in [-0.3, -0.25) is 4.79 Å². The maximum absolute atomic E-state index is 13.3. The van der Waals surface area contributed by atoms with Crippen LogP contribution in [0.1, 0.15) is 21.9 Å². The van der Waals surface area contributed by atoms with Gasteiger partial charge in [0, 0.05) is 49.1 Å². The fraction of sp³-hybridized carbons (Fsp3) is 0.231. The van der Waals surface area contributed by atoms with Crippen molar-refractivity contribution in [2.45, 2.75) is 13.8 Å². The highest BCUT2D eigenvalue weighted by Gasteiger charge is 2.23. The van der Waals surface area contributed by atoms with E-state index in [0.29, 0.717) is 18.7 Å². The van der Waals surface area contributed by atoms with Crippen molar-refractivity contribution in [3.63, 3.8) is 0 Å². The summed E-state index contributed by atoms with van der Waals surface area (Å²) < 4.78 is 1.88. The van der Waals surface area contributed by atoms with E-state index in [0.717, 1.165) is 47.4 Å². The first-order chi connectivity index (χ1) is 16.1. The zero-order chi connectivity index (χ0) is 22.8. The van der Waals surface area contributed by atoms with Crippen LogP contribution in [-0.4, -0.2) is 56.7 Å². The van der Waals surface area contributed by atoms with Gasteiger partial charge in [0.25, 0.3) is 5.91 Å². The third kappa shape index (κ3) is 4.35. The average Bonchev–Trinajstić information content (AvgIpc) is 3.34. The molecule has 3 heterocycles. The Bertz CT molecular complexity index is 1250. The normalized spacial score (nSPS) is 13.9. The predicted octanol–water partition coefficient (Wildman–Crippen LogP) is 3.91. The number of carbonyl (C=O) groups excluding carboxylic acids is 1. The molecular formula is C26H26N6O. The van der Waals surface area contributed by atoms with E-state index in [1.165, 1.54) is 0 Å². The van der Waals surface area contributed by atoms with Crippen LogP contribution < -0.4 is 4.90 Å². The Labute approximate surface area is 193 Å². The minimum Gasteiger partial charge on any atom is -0.353 e. The summed E-state index contributed by atoms with van der Waals surface area (Å²) in [5.74, 6) is 1.75. The fourth-order valence-corrected chi connectivity index (χ4v) is 4.29. The van der Waals surface area contributed by atoms with Gasteiger partial charge in [0.05, 0.1) is 17.6 Å². The molecule has 4 aromatic rings. The van der Waals surface area contributed by atoms with Crippen molar-refractivity contribution in [3.05, 3.63) is 90.0 Å². The number of benzene rings is 2. The molecule has 1 saturated heterocycles. The van der Waals surface area contributed by atoms with Crippen LogP contribution in [0.2, 0.25) is 0 Å². The lowest BCUT2D eigenvalue weighted by Gasteiger charge is -2.35. The Hall–Kier alpha value is -4.00. The molecule has 1 fully saturated rings. The quantitative estimate of drug-likeness (QED) is 0.483. The van der Waals surface area contributed by atoms with Crippen LogP contribution in [0, 0.1) is 13.8 Å². The largest absolute Gasteiger partial charge is 0.353 e. The zero-order valence-electron chi connectivity index (χ0n) is 18.8. The molecule has 0 spiro atoms. The highest BCUT2D eigenvalue weighted by atomic mass is 16.2. The molecule has 7 heteroatoms. The second kappa shape index (κ2) is 8.86. The van der Waals surface area contributed by atoms with E-state index in [4.69, 9.17) is 0 Å². The first-order valence-electron chi connectivity index (χ1n) is 11.1. The monoisotopic (exact) mass is 438 g/mol. The van der Waals surface area contributed by atoms with Crippen molar-refractivity contribution < 1.29 is 4.79 Å². The standard InChI is InChI=1S/C26H26N6O/c1-19-17-25(29-20(2)28-19)30-13-15-31(16-14-30)26(33)22-9-6-10-23(18-22)32-24(11-12-27-32)21-7-4-3-5-8-21/h3-12,17-18H,13-16H2,1-2H3. The van der Waals surface area contributed by atoms with Gasteiger partial charge in [0.15, 0.2) is 0 Å². The molecule has 0 N–H and O–H groups in total. The molecule has 2 aromatic carbocycles. The Morgan fingerprint density at radius 3 is 2.39 bits per heavy atom. The summed E-state index contributed by atoms with van der Waals surface area (Å²) in [5, 5.41) is 4.51. The maximum atomic E-state index is 13.3. The number of hydrogen-bond acceptors (Lipinski definition) is 5. The third-order valence-corrected chi connectivity index (χ3v) is 5.89. The van der Waals surface area contributed by atoms with E-state index in [9.17, 15) is 4.79 Å². The van der Waals surface area contributed by atoms with Crippen LogP contribution in [0.4, 0.5) is 5.82 Å². The summed E-state index contributed by atoms with van der Waals surface area (Å²) in [6, 6.07) is 21.8. The lowest BCUT2D eigenvalue weighted by atomic mass is 10.1. The molecule has 1 aliphatic heterocycles. The minimum absolute atomic E-state index is 0.0416. The van der Waals surface area contributed by atoms with E-state index in [2.05, 4.69) is 32.1 Å². The summed E-state index contributed by atoms with van der Waals surface area (Å²) in [7, 11) is 0. The summed E-state index contributed by atoms with van der Waals surface area (Å²) in [6.07, 6.45) is 1.78. The van der Waals surface area contributed by atoms with Crippen molar-refractivity contribution in [2.24, 2.45) is 0 Å². The SMILES string of the molecule is Cc1cc(N2CCN(C(=O)c3cccc(-n4nccc4-c4ccccc4)c3)CC2)nc(C)n1. The van der Waals surface area contributed by atoms with E-state index < -0.39 is 0 Å². The molecule has 0 unspecified atom stereocenters. The van der Waals surface area contributed by atoms with Crippen LogP contribution in [-0.2, 0) is 0 Å². The second-order valence-electron chi connectivity index (χ2n) is 8.24. The highest BCUT2D eigenvalue weighted by molar-refractivity contribution is 5.95. The van der Waals surface area contributed by atoms with Crippen molar-refractivity contribution in [1.29, 1.82) is 0 Å². The number of hydrogen-bond donors (Lipinski definition) is 0. The van der Waals surface area contributed by atoms with Gasteiger partial charge in [-0.25, -0.2) is 14.6 Å². The smallest absolute Gasteiger partial charge is 0.254 e. The van der Waals surface area contributed by atoms with E-state index in [1.807, 2.05) is 78.0 Å². The molecule has 1 aliphatic rings. The summed E-state index contributed by atoms with van der Waals surface area (Å²) in [6.45, 7) is 6.70. The Balaban J connectivity index is 1.32. The number of rotatable bonds is 4. The maximum Gasteiger partial charge on any atom is 0.254 e. The summed E-state index contributed by atoms with van der Waals surface area (Å²) in [5.41, 5.74) is 4.57. The first-order valence-corrected chi connectivity index (χ1v) is 11.1. The Morgan fingerprint density at radius 1 is 0.848 bits per heavy atom. The molecular weight excluding hydrogens is 412 g/mol. The van der Waals surface area contributed by atoms with Crippen LogP contribution in [0.5, 0.6) is 0 Å². The summed E-state index contributed by atoms with van der Waals surface area (Å²) in [4.78, 5) is 26.3. The van der Waals surface area contributed by atoms with Gasteiger partial charge < -0.3 is 9.80 Å². The van der Waals surface area contributed by atoms with Gasteiger partial charge in [-0.1, -0.05) is 36.4 Å². The Morgan fingerprint density at radius 2 is 1.64 bits per heavy atom. The van der Waals surface area contributed by atoms with Gasteiger partial charge >= 0.3 is 0 Å². The third-order valence-electron chi connectivity index (χ3n) is 5.89. The van der Waals surface area contributed by atoms with Gasteiger partial charge in [-0.2, -0.15) is 5.10 Å². The van der Waals surface area contributed by atoms with Crippen LogP contribution >= 0.6 is 0 Å². The fourth-order valence-electron chi connectivity index (χ4n) is 4.29. The molecule has 166 valence electrons. The number of piperazine rings is 1. The van der Waals surface area contributed by atoms with E-state index in [1.54, 1.807) is 6.20 Å².